The minimum Gasteiger partial charge on any atom is -0.466 e. The number of nitrogens with zero attached hydrogens (tertiary/aromatic N) is 1. The fraction of sp³-hybridized carbons (Fsp3) is 0.130. The van der Waals surface area contributed by atoms with Gasteiger partial charge in [-0.05, 0) is 55.5 Å². The second kappa shape index (κ2) is 7.91. The maximum atomic E-state index is 12.8. The van der Waals surface area contributed by atoms with Gasteiger partial charge in [0.05, 0.1) is 12.8 Å². The van der Waals surface area contributed by atoms with Crippen LogP contribution >= 0.6 is 0 Å². The Morgan fingerprint density at radius 3 is 2.32 bits per heavy atom. The van der Waals surface area contributed by atoms with E-state index in [1.165, 1.54) is 25.3 Å². The largest absolute Gasteiger partial charge is 0.466 e. The molecular weight excluding hydrogens is 398 g/mol. The van der Waals surface area contributed by atoms with Crippen LogP contribution in [0.2, 0.25) is 0 Å². The van der Waals surface area contributed by atoms with Gasteiger partial charge in [0.25, 0.3) is 11.8 Å². The third-order valence-electron chi connectivity index (χ3n) is 5.09. The fourth-order valence-electron chi connectivity index (χ4n) is 3.34. The first-order chi connectivity index (χ1) is 14.9. The van der Waals surface area contributed by atoms with E-state index in [-0.39, 0.29) is 5.91 Å². The van der Waals surface area contributed by atoms with Gasteiger partial charge in [-0.2, -0.15) is 0 Å². The number of benzene rings is 2. The monoisotopic (exact) mass is 417 g/mol. The Balaban J connectivity index is 1.43. The lowest BCUT2D eigenvalue weighted by molar-refractivity contribution is -0.131. The molecule has 1 saturated heterocycles. The normalized spacial score (nSPS) is 18.0. The molecule has 2 aromatic carbocycles. The molecule has 0 unspecified atom stereocenters. The summed E-state index contributed by atoms with van der Waals surface area (Å²) in [5, 5.41) is 5.33. The van der Waals surface area contributed by atoms with Crippen LogP contribution in [0.1, 0.15) is 33.4 Å². The summed E-state index contributed by atoms with van der Waals surface area (Å²) in [6.07, 6.45) is 1.41. The van der Waals surface area contributed by atoms with Crippen molar-refractivity contribution in [3.8, 4) is 0 Å². The molecule has 8 nitrogen and oxygen atoms in total. The first-order valence-electron chi connectivity index (χ1n) is 9.56. The number of carbonyl (C=O) groups is 4. The van der Waals surface area contributed by atoms with Crippen LogP contribution in [-0.4, -0.2) is 35.1 Å². The van der Waals surface area contributed by atoms with Crippen LogP contribution in [0.25, 0.3) is 0 Å². The highest BCUT2D eigenvalue weighted by Crippen LogP contribution is 2.29. The van der Waals surface area contributed by atoms with Crippen LogP contribution in [0.15, 0.2) is 77.4 Å². The molecule has 1 fully saturated rings. The Bertz CT molecular complexity index is 1140. The van der Waals surface area contributed by atoms with E-state index in [9.17, 15) is 19.2 Å². The van der Waals surface area contributed by atoms with Crippen molar-refractivity contribution >= 4 is 29.3 Å². The number of furan rings is 1. The topological polar surface area (TPSA) is 109 Å². The minimum absolute atomic E-state index is 0.267. The Morgan fingerprint density at radius 1 is 0.968 bits per heavy atom. The molecule has 0 radical (unpaired) electrons. The minimum atomic E-state index is -1.35. The van der Waals surface area contributed by atoms with Crippen molar-refractivity contribution in [1.82, 2.24) is 10.2 Å². The van der Waals surface area contributed by atoms with Gasteiger partial charge in [0, 0.05) is 16.8 Å². The van der Waals surface area contributed by atoms with Gasteiger partial charge in [-0.25, -0.2) is 4.79 Å². The Kier molecular flexibility index (Phi) is 5.12. The molecule has 3 aromatic rings. The molecule has 2 N–H and O–H groups in total. The smallest absolute Gasteiger partial charge is 0.325 e. The van der Waals surface area contributed by atoms with Crippen molar-refractivity contribution < 1.29 is 23.6 Å². The summed E-state index contributed by atoms with van der Waals surface area (Å²) in [5.41, 5.74) is -0.0107. The number of hydrogen-bond acceptors (Lipinski definition) is 5. The quantitative estimate of drug-likeness (QED) is 0.473. The third-order valence-corrected chi connectivity index (χ3v) is 5.09. The first kappa shape index (κ1) is 20.1. The number of anilines is 1. The second-order valence-corrected chi connectivity index (χ2v) is 7.24. The van der Waals surface area contributed by atoms with Crippen LogP contribution in [-0.2, 0) is 10.3 Å². The molecule has 4 rings (SSSR count). The summed E-state index contributed by atoms with van der Waals surface area (Å²) >= 11 is 0. The van der Waals surface area contributed by atoms with Crippen molar-refractivity contribution in [3.05, 3.63) is 89.9 Å². The Morgan fingerprint density at radius 2 is 1.68 bits per heavy atom. The van der Waals surface area contributed by atoms with E-state index >= 15 is 0 Å². The predicted octanol–water partition coefficient (Wildman–Crippen LogP) is 3.18. The van der Waals surface area contributed by atoms with Gasteiger partial charge in [-0.3, -0.25) is 19.3 Å². The molecule has 156 valence electrons. The van der Waals surface area contributed by atoms with Crippen molar-refractivity contribution in [1.29, 1.82) is 0 Å². The van der Waals surface area contributed by atoms with Crippen molar-refractivity contribution in [2.45, 2.75) is 12.5 Å². The Labute approximate surface area is 177 Å². The van der Waals surface area contributed by atoms with Gasteiger partial charge in [-0.1, -0.05) is 18.2 Å². The van der Waals surface area contributed by atoms with Gasteiger partial charge < -0.3 is 15.1 Å². The van der Waals surface area contributed by atoms with Gasteiger partial charge in [0.1, 0.15) is 5.76 Å². The molecule has 0 bridgehead atoms. The zero-order valence-electron chi connectivity index (χ0n) is 16.6. The van der Waals surface area contributed by atoms with E-state index in [1.807, 2.05) is 6.07 Å². The zero-order chi connectivity index (χ0) is 22.0. The number of carbonyl (C=O) groups excluding carboxylic acids is 4. The summed E-state index contributed by atoms with van der Waals surface area (Å²) in [5.74, 6) is -0.948. The molecule has 0 saturated carbocycles. The fourth-order valence-corrected chi connectivity index (χ4v) is 3.34. The third kappa shape index (κ3) is 3.83. The molecule has 1 atom stereocenters. The number of hydrogen-bond donors (Lipinski definition) is 2. The highest BCUT2D eigenvalue weighted by atomic mass is 16.3. The number of imide groups is 1. The van der Waals surface area contributed by atoms with E-state index in [0.717, 1.165) is 4.90 Å². The number of ketones is 1. The van der Waals surface area contributed by atoms with Crippen LogP contribution < -0.4 is 10.6 Å². The molecule has 1 aliphatic rings. The molecule has 1 aromatic heterocycles. The van der Waals surface area contributed by atoms with Gasteiger partial charge in [0.2, 0.25) is 0 Å². The standard InChI is InChI=1S/C23H19N3O5/c1-23(19-8-5-13-31-19)21(29)26(22(30)25-23)14-18(27)15-9-11-17(12-10-15)24-20(28)16-6-3-2-4-7-16/h2-13H,14H2,1H3,(H,24,28)(H,25,30)/t23-/m0/s1. The molecule has 1 aliphatic heterocycles. The summed E-state index contributed by atoms with van der Waals surface area (Å²) in [4.78, 5) is 50.9. The lowest BCUT2D eigenvalue weighted by atomic mass is 9.99. The first-order valence-corrected chi connectivity index (χ1v) is 9.56. The van der Waals surface area contributed by atoms with Crippen molar-refractivity contribution in [2.75, 3.05) is 11.9 Å². The maximum absolute atomic E-state index is 12.8. The molecule has 31 heavy (non-hydrogen) atoms. The van der Waals surface area contributed by atoms with Crippen LogP contribution in [0.3, 0.4) is 0 Å². The summed E-state index contributed by atoms with van der Waals surface area (Å²) in [6, 6.07) is 17.5. The summed E-state index contributed by atoms with van der Waals surface area (Å²) in [6.45, 7) is 1.12. The molecule has 0 spiro atoms. The van der Waals surface area contributed by atoms with E-state index in [4.69, 9.17) is 4.42 Å². The second-order valence-electron chi connectivity index (χ2n) is 7.24. The highest BCUT2D eigenvalue weighted by Gasteiger charge is 2.51. The van der Waals surface area contributed by atoms with Gasteiger partial charge in [-0.15, -0.1) is 0 Å². The molecule has 2 heterocycles. The Hall–Kier alpha value is -4.20. The van der Waals surface area contributed by atoms with Crippen LogP contribution in [0, 0.1) is 0 Å². The molecular formula is C23H19N3O5. The zero-order valence-corrected chi connectivity index (χ0v) is 16.6. The van der Waals surface area contributed by atoms with E-state index in [0.29, 0.717) is 22.6 Å². The molecule has 4 amide bonds. The predicted molar refractivity (Wildman–Crippen MR) is 111 cm³/mol. The average Bonchev–Trinajstić information content (AvgIpc) is 3.39. The van der Waals surface area contributed by atoms with Crippen molar-refractivity contribution in [2.24, 2.45) is 0 Å². The van der Waals surface area contributed by atoms with E-state index in [2.05, 4.69) is 10.6 Å². The summed E-state index contributed by atoms with van der Waals surface area (Å²) in [7, 11) is 0. The molecule has 0 aliphatic carbocycles. The van der Waals surface area contributed by atoms with Crippen LogP contribution in [0.5, 0.6) is 0 Å². The summed E-state index contributed by atoms with van der Waals surface area (Å²) < 4.78 is 5.27. The number of rotatable bonds is 6. The van der Waals surface area contributed by atoms with E-state index in [1.54, 1.807) is 48.5 Å². The average molecular weight is 417 g/mol. The lowest BCUT2D eigenvalue weighted by Crippen LogP contribution is -2.41. The van der Waals surface area contributed by atoms with Crippen LogP contribution in [0.4, 0.5) is 10.5 Å². The number of amides is 4. The lowest BCUT2D eigenvalue weighted by Gasteiger charge is -2.18. The number of Topliss-reactive ketones (excluding diaryl/α,β-unsaturated/α-hetero) is 1. The molecule has 8 heteroatoms. The van der Waals surface area contributed by atoms with E-state index < -0.39 is 29.8 Å². The SMILES string of the molecule is C[C@@]1(c2ccco2)NC(=O)N(CC(=O)c2ccc(NC(=O)c3ccccc3)cc2)C1=O. The maximum Gasteiger partial charge on any atom is 0.325 e. The van der Waals surface area contributed by atoms with Gasteiger partial charge in [0.15, 0.2) is 11.3 Å². The van der Waals surface area contributed by atoms with Gasteiger partial charge >= 0.3 is 6.03 Å². The highest BCUT2D eigenvalue weighted by molar-refractivity contribution is 6.11. The van der Waals surface area contributed by atoms with Crippen molar-refractivity contribution in [3.63, 3.8) is 0 Å². The number of urea groups is 1. The number of nitrogens with one attached hydrogen (secondary N) is 2.